The van der Waals surface area contributed by atoms with Gasteiger partial charge in [-0.1, -0.05) is 6.07 Å². The van der Waals surface area contributed by atoms with E-state index < -0.39 is 11.7 Å². The molecule has 2 N–H and O–H groups in total. The number of amides is 1. The molecular formula is C15H22N2O3. The Balaban J connectivity index is 1.93. The summed E-state index contributed by atoms with van der Waals surface area (Å²) in [6.45, 7) is 7.35. The first-order valence-corrected chi connectivity index (χ1v) is 6.90. The third-order valence-electron chi connectivity index (χ3n) is 2.80. The molecule has 5 nitrogen and oxygen atoms in total. The molecule has 0 bridgehead atoms. The quantitative estimate of drug-likeness (QED) is 0.892. The van der Waals surface area contributed by atoms with Gasteiger partial charge in [0.25, 0.3) is 0 Å². The molecule has 1 unspecified atom stereocenters. The van der Waals surface area contributed by atoms with Crippen LogP contribution in [0, 0.1) is 0 Å². The van der Waals surface area contributed by atoms with Gasteiger partial charge in [0.05, 0.1) is 0 Å². The van der Waals surface area contributed by atoms with Gasteiger partial charge in [0.15, 0.2) is 0 Å². The Bertz CT molecular complexity index is 462. The number of anilines is 1. The van der Waals surface area contributed by atoms with Crippen LogP contribution in [0.3, 0.4) is 0 Å². The van der Waals surface area contributed by atoms with Gasteiger partial charge in [0.2, 0.25) is 0 Å². The summed E-state index contributed by atoms with van der Waals surface area (Å²) < 4.78 is 11.1. The van der Waals surface area contributed by atoms with E-state index in [4.69, 9.17) is 9.47 Å². The molecule has 1 atom stereocenters. The van der Waals surface area contributed by atoms with E-state index in [1.807, 2.05) is 45.0 Å². The topological polar surface area (TPSA) is 59.6 Å². The summed E-state index contributed by atoms with van der Waals surface area (Å²) in [6.07, 6.45) is 0.743. The van der Waals surface area contributed by atoms with E-state index in [1.165, 1.54) is 0 Å². The minimum Gasteiger partial charge on any atom is -0.489 e. The smallest absolute Gasteiger partial charge is 0.412 e. The molecule has 1 amide bonds. The molecule has 1 saturated heterocycles. The van der Waals surface area contributed by atoms with Gasteiger partial charge in [-0.3, -0.25) is 5.32 Å². The van der Waals surface area contributed by atoms with E-state index in [0.29, 0.717) is 5.69 Å². The van der Waals surface area contributed by atoms with Gasteiger partial charge in [-0.25, -0.2) is 4.79 Å². The monoisotopic (exact) mass is 278 g/mol. The molecule has 1 aliphatic rings. The summed E-state index contributed by atoms with van der Waals surface area (Å²) in [7, 11) is 0. The van der Waals surface area contributed by atoms with Crippen molar-refractivity contribution < 1.29 is 14.3 Å². The number of benzene rings is 1. The number of hydrogen-bond acceptors (Lipinski definition) is 4. The second kappa shape index (κ2) is 6.13. The van der Waals surface area contributed by atoms with Crippen LogP contribution in [0.15, 0.2) is 24.3 Å². The van der Waals surface area contributed by atoms with E-state index in [2.05, 4.69) is 10.6 Å². The summed E-state index contributed by atoms with van der Waals surface area (Å²) in [6, 6.07) is 7.36. The first-order valence-electron chi connectivity index (χ1n) is 6.90. The Morgan fingerprint density at radius 3 is 2.85 bits per heavy atom. The molecule has 0 aliphatic carbocycles. The van der Waals surface area contributed by atoms with Gasteiger partial charge in [-0.15, -0.1) is 0 Å². The molecule has 1 aromatic rings. The van der Waals surface area contributed by atoms with Crippen molar-refractivity contribution in [1.82, 2.24) is 5.32 Å². The molecule has 110 valence electrons. The summed E-state index contributed by atoms with van der Waals surface area (Å²) in [5, 5.41) is 5.96. The molecule has 0 saturated carbocycles. The van der Waals surface area contributed by atoms with Crippen molar-refractivity contribution in [3.8, 4) is 5.75 Å². The average Bonchev–Trinajstić information content (AvgIpc) is 2.79. The zero-order valence-electron chi connectivity index (χ0n) is 12.2. The Labute approximate surface area is 119 Å². The third-order valence-corrected chi connectivity index (χ3v) is 2.80. The molecule has 20 heavy (non-hydrogen) atoms. The maximum Gasteiger partial charge on any atom is 0.412 e. The largest absolute Gasteiger partial charge is 0.489 e. The fraction of sp³-hybridized carbons (Fsp3) is 0.533. The Hall–Kier alpha value is -1.75. The Morgan fingerprint density at radius 1 is 1.40 bits per heavy atom. The molecule has 1 heterocycles. The predicted molar refractivity (Wildman–Crippen MR) is 78.2 cm³/mol. The molecular weight excluding hydrogens is 256 g/mol. The van der Waals surface area contributed by atoms with E-state index in [-0.39, 0.29) is 6.10 Å². The lowest BCUT2D eigenvalue weighted by molar-refractivity contribution is 0.0636. The van der Waals surface area contributed by atoms with Gasteiger partial charge < -0.3 is 14.8 Å². The van der Waals surface area contributed by atoms with Crippen LogP contribution in [-0.2, 0) is 4.74 Å². The summed E-state index contributed by atoms with van der Waals surface area (Å²) in [4.78, 5) is 11.7. The highest BCUT2D eigenvalue weighted by molar-refractivity contribution is 5.85. The molecule has 1 aromatic carbocycles. The van der Waals surface area contributed by atoms with Crippen LogP contribution in [0.4, 0.5) is 10.5 Å². The van der Waals surface area contributed by atoms with E-state index >= 15 is 0 Å². The lowest BCUT2D eigenvalue weighted by atomic mass is 10.2. The Morgan fingerprint density at radius 2 is 2.20 bits per heavy atom. The highest BCUT2D eigenvalue weighted by Crippen LogP contribution is 2.20. The predicted octanol–water partition coefficient (Wildman–Crippen LogP) is 2.77. The highest BCUT2D eigenvalue weighted by atomic mass is 16.6. The fourth-order valence-corrected chi connectivity index (χ4v) is 1.99. The first kappa shape index (κ1) is 14.7. The van der Waals surface area contributed by atoms with Crippen molar-refractivity contribution in [1.29, 1.82) is 0 Å². The number of nitrogens with one attached hydrogen (secondary N) is 2. The number of ether oxygens (including phenoxy) is 2. The molecule has 2 rings (SSSR count). The van der Waals surface area contributed by atoms with Crippen molar-refractivity contribution in [2.24, 2.45) is 0 Å². The highest BCUT2D eigenvalue weighted by Gasteiger charge is 2.17. The molecule has 0 spiro atoms. The van der Waals surface area contributed by atoms with Crippen LogP contribution in [0.2, 0.25) is 0 Å². The minimum absolute atomic E-state index is 0.201. The number of carbonyl (C=O) groups is 1. The second-order valence-corrected chi connectivity index (χ2v) is 5.89. The SMILES string of the molecule is CC(C)(C)OC(=O)Nc1cccc(OC2CCNC2)c1. The van der Waals surface area contributed by atoms with Crippen LogP contribution in [0.1, 0.15) is 27.2 Å². The average molecular weight is 278 g/mol. The molecule has 1 fully saturated rings. The summed E-state index contributed by atoms with van der Waals surface area (Å²) >= 11 is 0. The number of hydrogen-bond donors (Lipinski definition) is 2. The van der Waals surface area contributed by atoms with Gasteiger partial charge in [0, 0.05) is 18.3 Å². The van der Waals surface area contributed by atoms with Crippen LogP contribution < -0.4 is 15.4 Å². The molecule has 0 radical (unpaired) electrons. The Kier molecular flexibility index (Phi) is 4.49. The number of carbonyl (C=O) groups excluding carboxylic acids is 1. The van der Waals surface area contributed by atoms with Gasteiger partial charge in [-0.2, -0.15) is 0 Å². The van der Waals surface area contributed by atoms with E-state index in [0.717, 1.165) is 25.3 Å². The van der Waals surface area contributed by atoms with Crippen molar-refractivity contribution >= 4 is 11.8 Å². The third kappa shape index (κ3) is 4.74. The van der Waals surface area contributed by atoms with Crippen molar-refractivity contribution in [2.75, 3.05) is 18.4 Å². The van der Waals surface area contributed by atoms with Crippen LogP contribution in [-0.4, -0.2) is 30.9 Å². The number of rotatable bonds is 3. The lowest BCUT2D eigenvalue weighted by Crippen LogP contribution is -2.27. The summed E-state index contributed by atoms with van der Waals surface area (Å²) in [5.74, 6) is 0.757. The first-order chi connectivity index (χ1) is 9.42. The molecule has 0 aromatic heterocycles. The molecule has 1 aliphatic heterocycles. The second-order valence-electron chi connectivity index (χ2n) is 5.89. The maximum absolute atomic E-state index is 11.7. The van der Waals surface area contributed by atoms with Gasteiger partial charge in [-0.05, 0) is 45.9 Å². The van der Waals surface area contributed by atoms with Gasteiger partial charge >= 0.3 is 6.09 Å². The van der Waals surface area contributed by atoms with E-state index in [9.17, 15) is 4.79 Å². The maximum atomic E-state index is 11.7. The normalized spacial score (nSPS) is 18.6. The van der Waals surface area contributed by atoms with Crippen LogP contribution in [0.5, 0.6) is 5.75 Å². The van der Waals surface area contributed by atoms with Crippen molar-refractivity contribution in [3.05, 3.63) is 24.3 Å². The molecule has 5 heteroatoms. The lowest BCUT2D eigenvalue weighted by Gasteiger charge is -2.20. The fourth-order valence-electron chi connectivity index (χ4n) is 1.99. The van der Waals surface area contributed by atoms with Gasteiger partial charge in [0.1, 0.15) is 17.5 Å². The summed E-state index contributed by atoms with van der Waals surface area (Å²) in [5.41, 5.74) is 0.163. The van der Waals surface area contributed by atoms with Crippen molar-refractivity contribution in [3.63, 3.8) is 0 Å². The van der Waals surface area contributed by atoms with E-state index in [1.54, 1.807) is 0 Å². The van der Waals surface area contributed by atoms with Crippen LogP contribution >= 0.6 is 0 Å². The zero-order valence-corrected chi connectivity index (χ0v) is 12.2. The van der Waals surface area contributed by atoms with Crippen molar-refractivity contribution in [2.45, 2.75) is 38.9 Å². The standard InChI is InChI=1S/C15H22N2O3/c1-15(2,3)20-14(18)17-11-5-4-6-12(9-11)19-13-7-8-16-10-13/h4-6,9,13,16H,7-8,10H2,1-3H3,(H,17,18). The zero-order chi connectivity index (χ0) is 14.6. The van der Waals surface area contributed by atoms with Crippen LogP contribution in [0.25, 0.3) is 0 Å². The minimum atomic E-state index is -0.506.